The van der Waals surface area contributed by atoms with E-state index in [9.17, 15) is 13.2 Å². The van der Waals surface area contributed by atoms with Gasteiger partial charge in [0.05, 0.1) is 29.6 Å². The molecule has 0 amide bonds. The molecule has 2 N–H and O–H groups in total. The second-order valence-corrected chi connectivity index (χ2v) is 8.40. The first-order chi connectivity index (χ1) is 14.7. The molecule has 2 aromatic heterocycles. The zero-order valence-corrected chi connectivity index (χ0v) is 18.0. The highest BCUT2D eigenvalue weighted by molar-refractivity contribution is 7.14. The molecule has 0 unspecified atom stereocenters. The van der Waals surface area contributed by atoms with Crippen LogP contribution in [0.3, 0.4) is 0 Å². The minimum atomic E-state index is -4.44. The number of nitrogens with two attached hydrogens (primary N) is 1. The summed E-state index contributed by atoms with van der Waals surface area (Å²) >= 11 is 1.46. The molecule has 5 nitrogen and oxygen atoms in total. The fraction of sp³-hybridized carbons (Fsp3) is 0.273. The van der Waals surface area contributed by atoms with E-state index < -0.39 is 11.7 Å². The first-order valence-corrected chi connectivity index (χ1v) is 10.5. The van der Waals surface area contributed by atoms with Crippen LogP contribution in [0.2, 0.25) is 0 Å². The van der Waals surface area contributed by atoms with Crippen molar-refractivity contribution >= 4 is 22.2 Å². The van der Waals surface area contributed by atoms with Crippen LogP contribution < -0.4 is 10.5 Å². The van der Waals surface area contributed by atoms with Crippen molar-refractivity contribution in [2.75, 3.05) is 7.11 Å². The number of fused-ring (bicyclic) bond motifs is 1. The van der Waals surface area contributed by atoms with Crippen LogP contribution in [0.1, 0.15) is 35.9 Å². The first-order valence-electron chi connectivity index (χ1n) is 9.67. The summed E-state index contributed by atoms with van der Waals surface area (Å²) in [5, 5.41) is 5.44. The number of methoxy groups -OCH3 is 1. The summed E-state index contributed by atoms with van der Waals surface area (Å²) in [7, 11) is 1.61. The molecule has 0 spiro atoms. The summed E-state index contributed by atoms with van der Waals surface area (Å²) in [4.78, 5) is 5.87. The lowest BCUT2D eigenvalue weighted by Gasteiger charge is -2.06. The van der Waals surface area contributed by atoms with E-state index in [1.54, 1.807) is 11.8 Å². The summed E-state index contributed by atoms with van der Waals surface area (Å²) in [5.41, 5.74) is 7.69. The third-order valence-corrected chi connectivity index (χ3v) is 6.30. The minimum Gasteiger partial charge on any atom is -0.497 e. The predicted molar refractivity (Wildman–Crippen MR) is 116 cm³/mol. The molecule has 0 saturated heterocycles. The molecule has 0 aliphatic heterocycles. The lowest BCUT2D eigenvalue weighted by atomic mass is 10.1. The van der Waals surface area contributed by atoms with Crippen molar-refractivity contribution in [1.29, 1.82) is 0 Å². The van der Waals surface area contributed by atoms with Crippen molar-refractivity contribution in [3.05, 3.63) is 58.6 Å². The molecule has 0 aliphatic carbocycles. The van der Waals surface area contributed by atoms with Crippen molar-refractivity contribution in [3.63, 3.8) is 0 Å². The van der Waals surface area contributed by atoms with Crippen molar-refractivity contribution in [3.8, 4) is 22.1 Å². The van der Waals surface area contributed by atoms with Gasteiger partial charge >= 0.3 is 6.18 Å². The van der Waals surface area contributed by atoms with E-state index in [1.807, 2.05) is 24.3 Å². The van der Waals surface area contributed by atoms with Gasteiger partial charge < -0.3 is 10.5 Å². The van der Waals surface area contributed by atoms with E-state index in [-0.39, 0.29) is 12.5 Å². The molecule has 0 radical (unpaired) electrons. The Hall–Kier alpha value is -2.91. The largest absolute Gasteiger partial charge is 0.497 e. The number of halogens is 3. The zero-order valence-electron chi connectivity index (χ0n) is 17.2. The van der Waals surface area contributed by atoms with Crippen LogP contribution in [0.5, 0.6) is 5.75 Å². The van der Waals surface area contributed by atoms with Gasteiger partial charge in [-0.1, -0.05) is 37.3 Å². The maximum absolute atomic E-state index is 13.2. The van der Waals surface area contributed by atoms with Crippen molar-refractivity contribution < 1.29 is 17.9 Å². The number of rotatable bonds is 5. The highest BCUT2D eigenvalue weighted by Crippen LogP contribution is 2.38. The SMILES string of the molecule is COc1cccc(-c2nc(-n3nc(CN)c4cc(C(F)(F)F)ccc43)sc2C(C)C)c1. The molecule has 4 aromatic rings. The smallest absolute Gasteiger partial charge is 0.416 e. The second-order valence-electron chi connectivity index (χ2n) is 7.39. The van der Waals surface area contributed by atoms with Gasteiger partial charge in [0.2, 0.25) is 5.13 Å². The molecule has 0 fully saturated rings. The van der Waals surface area contributed by atoms with Crippen molar-refractivity contribution in [2.24, 2.45) is 5.73 Å². The third-order valence-electron chi connectivity index (χ3n) is 4.97. The van der Waals surface area contributed by atoms with E-state index >= 15 is 0 Å². The molecule has 4 rings (SSSR count). The van der Waals surface area contributed by atoms with Gasteiger partial charge in [-0.15, -0.1) is 0 Å². The van der Waals surface area contributed by atoms with Crippen molar-refractivity contribution in [1.82, 2.24) is 14.8 Å². The zero-order chi connectivity index (χ0) is 22.3. The lowest BCUT2D eigenvalue weighted by Crippen LogP contribution is -2.04. The Kier molecular flexibility index (Phi) is 5.49. The van der Waals surface area contributed by atoms with E-state index in [2.05, 4.69) is 18.9 Å². The molecular formula is C22H21F3N4OS. The molecule has 9 heteroatoms. The molecular weight excluding hydrogens is 425 g/mol. The number of hydrogen-bond acceptors (Lipinski definition) is 5. The summed E-state index contributed by atoms with van der Waals surface area (Å²) in [6.45, 7) is 4.17. The van der Waals surface area contributed by atoms with Gasteiger partial charge in [-0.2, -0.15) is 18.3 Å². The number of thiazole rings is 1. The molecule has 0 bridgehead atoms. The average molecular weight is 446 g/mol. The fourth-order valence-electron chi connectivity index (χ4n) is 3.43. The average Bonchev–Trinajstić information content (AvgIpc) is 3.34. The van der Waals surface area contributed by atoms with Crippen LogP contribution in [-0.2, 0) is 12.7 Å². The number of nitrogens with zero attached hydrogens (tertiary/aromatic N) is 3. The number of ether oxygens (including phenoxy) is 1. The van der Waals surface area contributed by atoms with Gasteiger partial charge in [-0.3, -0.25) is 0 Å². The fourth-order valence-corrected chi connectivity index (χ4v) is 4.49. The van der Waals surface area contributed by atoms with Gasteiger partial charge in [0.15, 0.2) is 0 Å². The van der Waals surface area contributed by atoms with Gasteiger partial charge in [-0.05, 0) is 36.2 Å². The summed E-state index contributed by atoms with van der Waals surface area (Å²) < 4.78 is 46.5. The van der Waals surface area contributed by atoms with E-state index in [0.29, 0.717) is 21.7 Å². The maximum Gasteiger partial charge on any atom is 0.416 e. The van der Waals surface area contributed by atoms with Crippen LogP contribution in [-0.4, -0.2) is 21.9 Å². The highest BCUT2D eigenvalue weighted by atomic mass is 32.1. The van der Waals surface area contributed by atoms with Crippen LogP contribution >= 0.6 is 11.3 Å². The maximum atomic E-state index is 13.2. The standard InChI is InChI=1S/C22H21F3N4OS/c1-12(2)20-19(13-5-4-6-15(9-13)30-3)27-21(31-20)29-18-8-7-14(22(23,24)25)10-16(18)17(11-26)28-29/h4-10,12H,11,26H2,1-3H3. The monoisotopic (exact) mass is 446 g/mol. The Balaban J connectivity index is 1.90. The molecule has 162 valence electrons. The molecule has 0 atom stereocenters. The third kappa shape index (κ3) is 3.90. The Morgan fingerprint density at radius 3 is 2.58 bits per heavy atom. The molecule has 31 heavy (non-hydrogen) atoms. The minimum absolute atomic E-state index is 0.0238. The van der Waals surface area contributed by atoms with Gasteiger partial charge in [-0.25, -0.2) is 9.67 Å². The number of aromatic nitrogens is 3. The van der Waals surface area contributed by atoms with Gasteiger partial charge in [0, 0.05) is 22.4 Å². The second kappa shape index (κ2) is 7.97. The van der Waals surface area contributed by atoms with Crippen LogP contribution in [0.25, 0.3) is 27.3 Å². The van der Waals surface area contributed by atoms with E-state index in [1.165, 1.54) is 17.4 Å². The Labute approximate surface area is 181 Å². The van der Waals surface area contributed by atoms with Crippen LogP contribution in [0.4, 0.5) is 13.2 Å². The molecule has 2 aromatic carbocycles. The Morgan fingerprint density at radius 1 is 1.16 bits per heavy atom. The summed E-state index contributed by atoms with van der Waals surface area (Å²) in [6, 6.07) is 11.2. The van der Waals surface area contributed by atoms with Crippen LogP contribution in [0, 0.1) is 0 Å². The number of alkyl halides is 3. The highest BCUT2D eigenvalue weighted by Gasteiger charge is 2.31. The molecule has 0 aliphatic rings. The van der Waals surface area contributed by atoms with Crippen LogP contribution in [0.15, 0.2) is 42.5 Å². The summed E-state index contributed by atoms with van der Waals surface area (Å²) in [5.74, 6) is 0.913. The lowest BCUT2D eigenvalue weighted by molar-refractivity contribution is -0.137. The quantitative estimate of drug-likeness (QED) is 0.423. The predicted octanol–water partition coefficient (Wildman–Crippen LogP) is 5.76. The Bertz CT molecular complexity index is 1240. The van der Waals surface area contributed by atoms with E-state index in [4.69, 9.17) is 15.5 Å². The number of hydrogen-bond donors (Lipinski definition) is 1. The number of benzene rings is 2. The summed E-state index contributed by atoms with van der Waals surface area (Å²) in [6.07, 6.45) is -4.44. The first kappa shape index (κ1) is 21.3. The molecule has 2 heterocycles. The van der Waals surface area contributed by atoms with E-state index in [0.717, 1.165) is 34.0 Å². The Morgan fingerprint density at radius 2 is 1.94 bits per heavy atom. The van der Waals surface area contributed by atoms with Crippen molar-refractivity contribution in [2.45, 2.75) is 32.5 Å². The normalized spacial score (nSPS) is 12.1. The molecule has 0 saturated carbocycles. The van der Waals surface area contributed by atoms with Gasteiger partial charge in [0.25, 0.3) is 0 Å². The topological polar surface area (TPSA) is 66.0 Å². The van der Waals surface area contributed by atoms with Gasteiger partial charge in [0.1, 0.15) is 5.75 Å².